The van der Waals surface area contributed by atoms with Gasteiger partial charge in [-0.15, -0.1) is 0 Å². The number of hydrogen-bond donors (Lipinski definition) is 1. The van der Waals surface area contributed by atoms with Gasteiger partial charge in [0.2, 0.25) is 0 Å². The van der Waals surface area contributed by atoms with Gasteiger partial charge in [0.15, 0.2) is 0 Å². The number of benzene rings is 1. The summed E-state index contributed by atoms with van der Waals surface area (Å²) in [5, 5.41) is 0. The molecular formula is C16H25BrN2O. The topological polar surface area (TPSA) is 38.5 Å². The molecule has 4 heteroatoms. The minimum Gasteiger partial charge on any atom is -0.376 e. The summed E-state index contributed by atoms with van der Waals surface area (Å²) in [6, 6.07) is 6.54. The molecule has 20 heavy (non-hydrogen) atoms. The fourth-order valence-electron chi connectivity index (χ4n) is 2.68. The molecule has 2 N–H and O–H groups in total. The van der Waals surface area contributed by atoms with Crippen molar-refractivity contribution in [3.8, 4) is 0 Å². The summed E-state index contributed by atoms with van der Waals surface area (Å²) in [6.45, 7) is 7.13. The number of nitrogens with zero attached hydrogens (tertiary/aromatic N) is 1. The molecule has 0 amide bonds. The smallest absolute Gasteiger partial charge is 0.0750 e. The van der Waals surface area contributed by atoms with Crippen LogP contribution in [-0.4, -0.2) is 25.8 Å². The SMILES string of the molecule is CCCOC1CCCN(c2ccc([C@@H](C)N)c(Br)c2)C1. The van der Waals surface area contributed by atoms with E-state index < -0.39 is 0 Å². The zero-order valence-corrected chi connectivity index (χ0v) is 14.0. The number of ether oxygens (including phenoxy) is 1. The highest BCUT2D eigenvalue weighted by Gasteiger charge is 2.21. The van der Waals surface area contributed by atoms with Gasteiger partial charge >= 0.3 is 0 Å². The van der Waals surface area contributed by atoms with Crippen LogP contribution in [0.15, 0.2) is 22.7 Å². The van der Waals surface area contributed by atoms with E-state index in [4.69, 9.17) is 10.5 Å². The first-order valence-corrected chi connectivity index (χ1v) is 8.32. The van der Waals surface area contributed by atoms with Gasteiger partial charge in [0.1, 0.15) is 0 Å². The van der Waals surface area contributed by atoms with E-state index in [-0.39, 0.29) is 6.04 Å². The standard InChI is InChI=1S/C16H25BrN2O/c1-3-9-20-14-5-4-8-19(11-14)13-6-7-15(12(2)18)16(17)10-13/h6-7,10,12,14H,3-5,8-9,11,18H2,1-2H3/t12-,14?/m1/s1. The Bertz CT molecular complexity index is 436. The summed E-state index contributed by atoms with van der Waals surface area (Å²) >= 11 is 3.63. The number of piperidine rings is 1. The molecular weight excluding hydrogens is 316 g/mol. The lowest BCUT2D eigenvalue weighted by molar-refractivity contribution is 0.0440. The van der Waals surface area contributed by atoms with Gasteiger partial charge in [-0.3, -0.25) is 0 Å². The van der Waals surface area contributed by atoms with Crippen LogP contribution < -0.4 is 10.6 Å². The summed E-state index contributed by atoms with van der Waals surface area (Å²) in [6.07, 6.45) is 3.83. The molecule has 1 fully saturated rings. The lowest BCUT2D eigenvalue weighted by atomic mass is 10.1. The van der Waals surface area contributed by atoms with Crippen LogP contribution in [0.4, 0.5) is 5.69 Å². The van der Waals surface area contributed by atoms with Crippen molar-refractivity contribution in [2.75, 3.05) is 24.6 Å². The first kappa shape index (κ1) is 15.8. The largest absolute Gasteiger partial charge is 0.376 e. The van der Waals surface area contributed by atoms with Crippen molar-refractivity contribution in [3.05, 3.63) is 28.2 Å². The molecule has 1 aromatic carbocycles. The van der Waals surface area contributed by atoms with Crippen molar-refractivity contribution in [1.82, 2.24) is 0 Å². The van der Waals surface area contributed by atoms with Gasteiger partial charge < -0.3 is 15.4 Å². The molecule has 0 spiro atoms. The maximum Gasteiger partial charge on any atom is 0.0750 e. The van der Waals surface area contributed by atoms with Gasteiger partial charge in [0, 0.05) is 35.9 Å². The maximum absolute atomic E-state index is 5.96. The minimum atomic E-state index is 0.0559. The Balaban J connectivity index is 2.05. The van der Waals surface area contributed by atoms with Crippen LogP contribution in [0.2, 0.25) is 0 Å². The number of hydrogen-bond acceptors (Lipinski definition) is 3. The zero-order chi connectivity index (χ0) is 14.5. The second-order valence-electron chi connectivity index (χ2n) is 5.58. The van der Waals surface area contributed by atoms with E-state index in [2.05, 4.69) is 46.0 Å². The van der Waals surface area contributed by atoms with Crippen molar-refractivity contribution in [1.29, 1.82) is 0 Å². The number of halogens is 1. The van der Waals surface area contributed by atoms with Crippen LogP contribution in [-0.2, 0) is 4.74 Å². The van der Waals surface area contributed by atoms with Crippen molar-refractivity contribution in [2.45, 2.75) is 45.3 Å². The second kappa shape index (κ2) is 7.43. The van der Waals surface area contributed by atoms with Crippen LogP contribution in [0.1, 0.15) is 44.7 Å². The first-order valence-electron chi connectivity index (χ1n) is 7.53. The Kier molecular flexibility index (Phi) is 5.87. The van der Waals surface area contributed by atoms with Gasteiger partial charge in [-0.2, -0.15) is 0 Å². The Hall–Kier alpha value is -0.580. The Morgan fingerprint density at radius 2 is 2.30 bits per heavy atom. The van der Waals surface area contributed by atoms with Gasteiger partial charge in [-0.25, -0.2) is 0 Å². The Morgan fingerprint density at radius 1 is 1.50 bits per heavy atom. The molecule has 1 heterocycles. The quantitative estimate of drug-likeness (QED) is 0.884. The lowest BCUT2D eigenvalue weighted by Crippen LogP contribution is -2.39. The van der Waals surface area contributed by atoms with Crippen LogP contribution in [0.3, 0.4) is 0 Å². The van der Waals surface area contributed by atoms with E-state index >= 15 is 0 Å². The molecule has 0 radical (unpaired) electrons. The molecule has 0 aliphatic carbocycles. The van der Waals surface area contributed by atoms with E-state index in [0.29, 0.717) is 6.10 Å². The summed E-state index contributed by atoms with van der Waals surface area (Å²) in [5.41, 5.74) is 8.37. The fourth-order valence-corrected chi connectivity index (χ4v) is 3.40. The summed E-state index contributed by atoms with van der Waals surface area (Å²) in [7, 11) is 0. The molecule has 112 valence electrons. The number of nitrogens with two attached hydrogens (primary N) is 1. The van der Waals surface area contributed by atoms with Gasteiger partial charge in [0.25, 0.3) is 0 Å². The lowest BCUT2D eigenvalue weighted by Gasteiger charge is -2.34. The van der Waals surface area contributed by atoms with Gasteiger partial charge in [-0.05, 0) is 43.9 Å². The minimum absolute atomic E-state index is 0.0559. The van der Waals surface area contributed by atoms with Crippen LogP contribution in [0, 0.1) is 0 Å². The average Bonchev–Trinajstić information content (AvgIpc) is 2.45. The van der Waals surface area contributed by atoms with E-state index in [9.17, 15) is 0 Å². The molecule has 0 aromatic heterocycles. The van der Waals surface area contributed by atoms with Crippen LogP contribution in [0.5, 0.6) is 0 Å². The Labute approximate surface area is 130 Å². The number of rotatable bonds is 5. The van der Waals surface area contributed by atoms with Gasteiger partial charge in [0.05, 0.1) is 6.10 Å². The van der Waals surface area contributed by atoms with Crippen molar-refractivity contribution in [2.24, 2.45) is 5.73 Å². The van der Waals surface area contributed by atoms with E-state index in [1.807, 2.05) is 6.92 Å². The fraction of sp³-hybridized carbons (Fsp3) is 0.625. The van der Waals surface area contributed by atoms with E-state index in [0.717, 1.165) is 36.2 Å². The molecule has 0 saturated carbocycles. The average molecular weight is 341 g/mol. The first-order chi connectivity index (χ1) is 9.61. The summed E-state index contributed by atoms with van der Waals surface area (Å²) in [4.78, 5) is 2.42. The van der Waals surface area contributed by atoms with Crippen molar-refractivity contribution < 1.29 is 4.74 Å². The number of anilines is 1. The highest BCUT2D eigenvalue weighted by atomic mass is 79.9. The highest BCUT2D eigenvalue weighted by Crippen LogP contribution is 2.29. The monoisotopic (exact) mass is 340 g/mol. The van der Waals surface area contributed by atoms with Crippen molar-refractivity contribution >= 4 is 21.6 Å². The molecule has 2 atom stereocenters. The second-order valence-corrected chi connectivity index (χ2v) is 6.43. The van der Waals surface area contributed by atoms with Crippen molar-refractivity contribution in [3.63, 3.8) is 0 Å². The highest BCUT2D eigenvalue weighted by molar-refractivity contribution is 9.10. The molecule has 1 aromatic rings. The normalized spacial score (nSPS) is 21.0. The zero-order valence-electron chi connectivity index (χ0n) is 12.4. The van der Waals surface area contributed by atoms with Crippen LogP contribution >= 0.6 is 15.9 Å². The predicted molar refractivity (Wildman–Crippen MR) is 88.2 cm³/mol. The summed E-state index contributed by atoms with van der Waals surface area (Å²) in [5.74, 6) is 0. The molecule has 1 saturated heterocycles. The predicted octanol–water partition coefficient (Wildman–Crippen LogP) is 3.86. The maximum atomic E-state index is 5.96. The molecule has 1 aliphatic heterocycles. The molecule has 1 aliphatic rings. The molecule has 3 nitrogen and oxygen atoms in total. The van der Waals surface area contributed by atoms with E-state index in [1.165, 1.54) is 18.5 Å². The third kappa shape index (κ3) is 3.96. The van der Waals surface area contributed by atoms with Gasteiger partial charge in [-0.1, -0.05) is 28.9 Å². The Morgan fingerprint density at radius 3 is 2.95 bits per heavy atom. The molecule has 2 rings (SSSR count). The molecule has 1 unspecified atom stereocenters. The van der Waals surface area contributed by atoms with Crippen LogP contribution in [0.25, 0.3) is 0 Å². The summed E-state index contributed by atoms with van der Waals surface area (Å²) < 4.78 is 7.00. The molecule has 0 bridgehead atoms. The third-order valence-electron chi connectivity index (χ3n) is 3.78. The third-order valence-corrected chi connectivity index (χ3v) is 4.46. The van der Waals surface area contributed by atoms with E-state index in [1.54, 1.807) is 0 Å².